The number of likely N-dealkylation sites (tertiary alicyclic amines) is 1. The molecule has 0 bridgehead atoms. The van der Waals surface area contributed by atoms with E-state index in [1.807, 2.05) is 42.5 Å². The molecule has 0 radical (unpaired) electrons. The lowest BCUT2D eigenvalue weighted by atomic mass is 10.2. The first-order valence-corrected chi connectivity index (χ1v) is 8.75. The lowest BCUT2D eigenvalue weighted by molar-refractivity contribution is 0.102. The van der Waals surface area contributed by atoms with Gasteiger partial charge in [-0.05, 0) is 37.1 Å². The van der Waals surface area contributed by atoms with Gasteiger partial charge in [-0.1, -0.05) is 30.3 Å². The Labute approximate surface area is 151 Å². The van der Waals surface area contributed by atoms with Crippen molar-refractivity contribution in [3.05, 3.63) is 60.3 Å². The zero-order valence-electron chi connectivity index (χ0n) is 14.3. The number of hydrogen-bond donors (Lipinski definition) is 3. The predicted molar refractivity (Wildman–Crippen MR) is 103 cm³/mol. The minimum absolute atomic E-state index is 0.130. The number of hydrogen-bond acceptors (Lipinski definition) is 2. The van der Waals surface area contributed by atoms with Crippen LogP contribution in [0, 0.1) is 0 Å². The topological polar surface area (TPSA) is 77.2 Å². The molecule has 3 aromatic rings. The summed E-state index contributed by atoms with van der Waals surface area (Å²) in [4.78, 5) is 29.8. The fraction of sp³-hybridized carbons (Fsp3) is 0.200. The van der Waals surface area contributed by atoms with Crippen LogP contribution in [-0.2, 0) is 0 Å². The first-order valence-electron chi connectivity index (χ1n) is 8.75. The van der Waals surface area contributed by atoms with Gasteiger partial charge in [-0.25, -0.2) is 4.79 Å². The molecule has 2 aromatic carbocycles. The molecule has 4 rings (SSSR count). The number of H-pyrrole nitrogens is 1. The maximum Gasteiger partial charge on any atom is 0.321 e. The maximum absolute atomic E-state index is 12.6. The van der Waals surface area contributed by atoms with E-state index in [1.54, 1.807) is 17.0 Å². The number of nitrogens with one attached hydrogen (secondary N) is 3. The Balaban J connectivity index is 1.52. The molecule has 0 unspecified atom stereocenters. The predicted octanol–water partition coefficient (Wildman–Crippen LogP) is 4.05. The van der Waals surface area contributed by atoms with Gasteiger partial charge in [0.05, 0.1) is 11.4 Å². The normalized spacial score (nSPS) is 13.8. The second-order valence-corrected chi connectivity index (χ2v) is 6.39. The molecule has 1 saturated heterocycles. The zero-order chi connectivity index (χ0) is 17.9. The summed E-state index contributed by atoms with van der Waals surface area (Å²) in [7, 11) is 0. The maximum atomic E-state index is 12.6. The van der Waals surface area contributed by atoms with E-state index < -0.39 is 0 Å². The van der Waals surface area contributed by atoms with Gasteiger partial charge in [-0.2, -0.15) is 0 Å². The minimum atomic E-state index is -0.246. The molecule has 1 aromatic heterocycles. The quantitative estimate of drug-likeness (QED) is 0.668. The van der Waals surface area contributed by atoms with Gasteiger partial charge >= 0.3 is 6.03 Å². The number of para-hydroxylation sites is 3. The first-order chi connectivity index (χ1) is 12.7. The van der Waals surface area contributed by atoms with Crippen molar-refractivity contribution in [1.82, 2.24) is 9.88 Å². The Morgan fingerprint density at radius 2 is 1.54 bits per heavy atom. The molecule has 0 aliphatic carbocycles. The molecule has 1 aliphatic heterocycles. The Morgan fingerprint density at radius 1 is 0.885 bits per heavy atom. The Morgan fingerprint density at radius 3 is 2.27 bits per heavy atom. The minimum Gasteiger partial charge on any atom is -0.351 e. The van der Waals surface area contributed by atoms with Crippen molar-refractivity contribution in [2.75, 3.05) is 23.7 Å². The van der Waals surface area contributed by atoms with E-state index in [-0.39, 0.29) is 11.9 Å². The molecule has 132 valence electrons. The summed E-state index contributed by atoms with van der Waals surface area (Å²) in [6.07, 6.45) is 2.07. The molecule has 26 heavy (non-hydrogen) atoms. The smallest absolute Gasteiger partial charge is 0.321 e. The number of carbonyl (C=O) groups excluding carboxylic acids is 2. The Hall–Kier alpha value is -3.28. The number of nitrogens with zero attached hydrogens (tertiary/aromatic N) is 1. The molecule has 6 nitrogen and oxygen atoms in total. The number of benzene rings is 2. The second kappa shape index (κ2) is 6.92. The number of fused-ring (bicyclic) bond motifs is 1. The van der Waals surface area contributed by atoms with Crippen LogP contribution in [0.15, 0.2) is 54.6 Å². The number of anilines is 2. The fourth-order valence-corrected chi connectivity index (χ4v) is 3.20. The van der Waals surface area contributed by atoms with Crippen molar-refractivity contribution >= 4 is 34.2 Å². The molecule has 0 spiro atoms. The van der Waals surface area contributed by atoms with Crippen molar-refractivity contribution < 1.29 is 9.59 Å². The van der Waals surface area contributed by atoms with Gasteiger partial charge in [0.2, 0.25) is 0 Å². The highest BCUT2D eigenvalue weighted by Gasteiger charge is 2.19. The summed E-state index contributed by atoms with van der Waals surface area (Å²) in [6, 6.07) is 16.6. The lowest BCUT2D eigenvalue weighted by Gasteiger charge is -2.18. The molecule has 6 heteroatoms. The van der Waals surface area contributed by atoms with Crippen molar-refractivity contribution in [2.24, 2.45) is 0 Å². The Bertz CT molecular complexity index is 924. The summed E-state index contributed by atoms with van der Waals surface area (Å²) in [5, 5.41) is 6.76. The van der Waals surface area contributed by atoms with Gasteiger partial charge < -0.3 is 20.5 Å². The summed E-state index contributed by atoms with van der Waals surface area (Å²) in [5.41, 5.74) is 2.55. The highest BCUT2D eigenvalue weighted by Crippen LogP contribution is 2.23. The van der Waals surface area contributed by atoms with E-state index in [4.69, 9.17) is 0 Å². The summed E-state index contributed by atoms with van der Waals surface area (Å²) in [5.74, 6) is -0.246. The highest BCUT2D eigenvalue weighted by atomic mass is 16.2. The summed E-state index contributed by atoms with van der Waals surface area (Å²) in [6.45, 7) is 1.55. The average molecular weight is 348 g/mol. The SMILES string of the molecule is O=C(Nc1ccccc1NC(=O)N1CCCC1)c1cc2ccccc2[nH]1. The summed E-state index contributed by atoms with van der Waals surface area (Å²) < 4.78 is 0. The van der Waals surface area contributed by atoms with Crippen molar-refractivity contribution in [2.45, 2.75) is 12.8 Å². The standard InChI is InChI=1S/C20H20N4O2/c25-19(18-13-14-7-1-2-8-15(14)21-18)22-16-9-3-4-10-17(16)23-20(26)24-11-5-6-12-24/h1-4,7-10,13,21H,5-6,11-12H2,(H,22,25)(H,23,26). The third-order valence-electron chi connectivity index (χ3n) is 4.58. The van der Waals surface area contributed by atoms with Crippen LogP contribution in [0.1, 0.15) is 23.3 Å². The van der Waals surface area contributed by atoms with E-state index in [0.717, 1.165) is 36.8 Å². The first kappa shape index (κ1) is 16.2. The van der Waals surface area contributed by atoms with E-state index in [1.165, 1.54) is 0 Å². The molecule has 3 amide bonds. The van der Waals surface area contributed by atoms with E-state index >= 15 is 0 Å². The number of aromatic amines is 1. The largest absolute Gasteiger partial charge is 0.351 e. The van der Waals surface area contributed by atoms with Crippen LogP contribution >= 0.6 is 0 Å². The lowest BCUT2D eigenvalue weighted by Crippen LogP contribution is -2.32. The number of carbonyl (C=O) groups is 2. The molecular weight excluding hydrogens is 328 g/mol. The molecule has 0 saturated carbocycles. The molecule has 0 atom stereocenters. The molecule has 2 heterocycles. The van der Waals surface area contributed by atoms with Gasteiger partial charge in [0.25, 0.3) is 5.91 Å². The van der Waals surface area contributed by atoms with Gasteiger partial charge in [-0.15, -0.1) is 0 Å². The number of urea groups is 1. The Kier molecular flexibility index (Phi) is 4.31. The van der Waals surface area contributed by atoms with Gasteiger partial charge in [0, 0.05) is 24.0 Å². The van der Waals surface area contributed by atoms with Crippen LogP contribution in [0.2, 0.25) is 0 Å². The highest BCUT2D eigenvalue weighted by molar-refractivity contribution is 6.08. The van der Waals surface area contributed by atoms with Crippen molar-refractivity contribution in [3.63, 3.8) is 0 Å². The third kappa shape index (κ3) is 3.26. The zero-order valence-corrected chi connectivity index (χ0v) is 14.3. The van der Waals surface area contributed by atoms with E-state index in [0.29, 0.717) is 17.1 Å². The molecule has 1 fully saturated rings. The van der Waals surface area contributed by atoms with Crippen molar-refractivity contribution in [3.8, 4) is 0 Å². The van der Waals surface area contributed by atoms with E-state index in [2.05, 4.69) is 15.6 Å². The monoisotopic (exact) mass is 348 g/mol. The van der Waals surface area contributed by atoms with Crippen LogP contribution in [0.4, 0.5) is 16.2 Å². The third-order valence-corrected chi connectivity index (χ3v) is 4.58. The van der Waals surface area contributed by atoms with Gasteiger partial charge in [0.1, 0.15) is 5.69 Å². The molecule has 1 aliphatic rings. The van der Waals surface area contributed by atoms with Crippen LogP contribution in [0.3, 0.4) is 0 Å². The number of amides is 3. The van der Waals surface area contributed by atoms with E-state index in [9.17, 15) is 9.59 Å². The van der Waals surface area contributed by atoms with Crippen LogP contribution in [0.25, 0.3) is 10.9 Å². The fourth-order valence-electron chi connectivity index (χ4n) is 3.20. The van der Waals surface area contributed by atoms with Crippen molar-refractivity contribution in [1.29, 1.82) is 0 Å². The molecular formula is C20H20N4O2. The second-order valence-electron chi connectivity index (χ2n) is 6.39. The average Bonchev–Trinajstić information content (AvgIpc) is 3.33. The summed E-state index contributed by atoms with van der Waals surface area (Å²) >= 11 is 0. The molecule has 3 N–H and O–H groups in total. The number of aromatic nitrogens is 1. The van der Waals surface area contributed by atoms with Gasteiger partial charge in [-0.3, -0.25) is 4.79 Å². The van der Waals surface area contributed by atoms with Crippen LogP contribution in [-0.4, -0.2) is 34.9 Å². The van der Waals surface area contributed by atoms with Crippen LogP contribution < -0.4 is 10.6 Å². The van der Waals surface area contributed by atoms with Gasteiger partial charge in [0.15, 0.2) is 0 Å². The number of rotatable bonds is 3. The van der Waals surface area contributed by atoms with Crippen LogP contribution in [0.5, 0.6) is 0 Å².